The van der Waals surface area contributed by atoms with Crippen LogP contribution in [0.4, 0.5) is 0 Å². The highest BCUT2D eigenvalue weighted by Gasteiger charge is 2.14. The average Bonchev–Trinajstić information content (AvgIpc) is 2.73. The van der Waals surface area contributed by atoms with Crippen molar-refractivity contribution in [3.8, 4) is 11.6 Å². The number of thioether (sulfide) groups is 1. The first-order chi connectivity index (χ1) is 9.67. The molecule has 2 rings (SSSR count). The van der Waals surface area contributed by atoms with Crippen LogP contribution in [-0.2, 0) is 13.0 Å². The van der Waals surface area contributed by atoms with Crippen molar-refractivity contribution in [1.82, 2.24) is 9.55 Å². The number of aromatic nitrogens is 2. The number of aromatic hydroxyl groups is 1. The molecule has 1 heterocycles. The van der Waals surface area contributed by atoms with Crippen LogP contribution in [0, 0.1) is 4.91 Å². The van der Waals surface area contributed by atoms with Gasteiger partial charge in [-0.25, -0.2) is 9.36 Å². The Bertz CT molecular complexity index is 646. The minimum Gasteiger partial charge on any atom is -0.493 e. The first-order valence-electron chi connectivity index (χ1n) is 6.07. The smallest absolute Gasteiger partial charge is 0.333 e. The van der Waals surface area contributed by atoms with Gasteiger partial charge in [-0.05, 0) is 29.7 Å². The Balaban J connectivity index is 2.34. The van der Waals surface area contributed by atoms with E-state index in [0.29, 0.717) is 17.8 Å². The van der Waals surface area contributed by atoms with Gasteiger partial charge in [0, 0.05) is 6.42 Å². The molecule has 1 aromatic heterocycles. The van der Waals surface area contributed by atoms with Gasteiger partial charge in [-0.15, -0.1) is 0 Å². The molecule has 0 bridgehead atoms. The second-order valence-electron chi connectivity index (χ2n) is 4.26. The van der Waals surface area contributed by atoms with Gasteiger partial charge in [0.1, 0.15) is 6.54 Å². The van der Waals surface area contributed by atoms with E-state index in [1.165, 1.54) is 4.57 Å². The number of nitroso groups, excluding NO2 is 1. The van der Waals surface area contributed by atoms with E-state index >= 15 is 0 Å². The summed E-state index contributed by atoms with van der Waals surface area (Å²) in [5.74, 6) is 0.752. The largest absolute Gasteiger partial charge is 0.493 e. The molecular formula is C13H15N3O3S. The maximum atomic E-state index is 11.9. The summed E-state index contributed by atoms with van der Waals surface area (Å²) in [4.78, 5) is 24.8. The first-order valence-corrected chi connectivity index (χ1v) is 7.47. The molecule has 0 saturated carbocycles. The van der Waals surface area contributed by atoms with Crippen LogP contribution in [0.25, 0.3) is 5.69 Å². The van der Waals surface area contributed by atoms with Crippen LogP contribution in [0.15, 0.2) is 34.2 Å². The molecule has 7 heteroatoms. The third-order valence-corrected chi connectivity index (χ3v) is 3.55. The van der Waals surface area contributed by atoms with Gasteiger partial charge in [-0.3, -0.25) is 0 Å². The van der Waals surface area contributed by atoms with Crippen LogP contribution in [0.3, 0.4) is 0 Å². The van der Waals surface area contributed by atoms with Crippen molar-refractivity contribution in [3.05, 3.63) is 50.9 Å². The molecule has 0 amide bonds. The summed E-state index contributed by atoms with van der Waals surface area (Å²) >= 11 is 1.64. The lowest BCUT2D eigenvalue weighted by atomic mass is 10.2. The number of aryl methyl sites for hydroxylation is 1. The summed E-state index contributed by atoms with van der Waals surface area (Å²) in [6.45, 7) is 0.0905. The highest BCUT2D eigenvalue weighted by atomic mass is 32.2. The Labute approximate surface area is 119 Å². The number of imidazole rings is 1. The quantitative estimate of drug-likeness (QED) is 0.798. The minimum atomic E-state index is -0.375. The highest BCUT2D eigenvalue weighted by molar-refractivity contribution is 7.98. The van der Waals surface area contributed by atoms with Crippen LogP contribution in [-0.4, -0.2) is 26.7 Å². The zero-order valence-corrected chi connectivity index (χ0v) is 11.8. The van der Waals surface area contributed by atoms with E-state index < -0.39 is 0 Å². The fourth-order valence-electron chi connectivity index (χ4n) is 1.91. The van der Waals surface area contributed by atoms with Gasteiger partial charge in [0.05, 0.1) is 11.4 Å². The predicted molar refractivity (Wildman–Crippen MR) is 79.6 cm³/mol. The van der Waals surface area contributed by atoms with Gasteiger partial charge in [0.2, 0.25) is 5.88 Å². The highest BCUT2D eigenvalue weighted by Crippen LogP contribution is 2.20. The lowest BCUT2D eigenvalue weighted by Gasteiger charge is -2.04. The molecule has 2 aromatic rings. The van der Waals surface area contributed by atoms with Gasteiger partial charge in [-0.1, -0.05) is 17.3 Å². The summed E-state index contributed by atoms with van der Waals surface area (Å²) in [6, 6.07) is 6.76. The summed E-state index contributed by atoms with van der Waals surface area (Å²) in [6.07, 6.45) is 2.56. The second kappa shape index (κ2) is 6.42. The number of benzene rings is 1. The second-order valence-corrected chi connectivity index (χ2v) is 5.25. The van der Waals surface area contributed by atoms with E-state index in [-0.39, 0.29) is 18.1 Å². The molecule has 0 aliphatic rings. The molecule has 2 N–H and O–H groups in total. The topological polar surface area (TPSA) is 87.5 Å². The molecule has 0 aliphatic heterocycles. The number of aromatic amines is 1. The molecule has 0 saturated heterocycles. The van der Waals surface area contributed by atoms with Gasteiger partial charge in [0.15, 0.2) is 0 Å². The maximum Gasteiger partial charge on any atom is 0.333 e. The van der Waals surface area contributed by atoms with Gasteiger partial charge >= 0.3 is 5.69 Å². The Morgan fingerprint density at radius 1 is 1.35 bits per heavy atom. The van der Waals surface area contributed by atoms with Crippen LogP contribution in [0.5, 0.6) is 5.88 Å². The van der Waals surface area contributed by atoms with Crippen LogP contribution >= 0.6 is 11.8 Å². The fourth-order valence-corrected chi connectivity index (χ4v) is 2.32. The lowest BCUT2D eigenvalue weighted by Crippen LogP contribution is -2.14. The normalized spacial score (nSPS) is 10.7. The molecule has 0 fully saturated rings. The Kier molecular flexibility index (Phi) is 4.62. The summed E-state index contributed by atoms with van der Waals surface area (Å²) < 4.78 is 1.22. The van der Waals surface area contributed by atoms with Crippen molar-refractivity contribution < 1.29 is 5.11 Å². The SMILES string of the molecule is CSCCc1[nH]c(=O)n(-c2ccc(CN=O)cc2)c1O. The number of hydrogen-bond acceptors (Lipinski definition) is 5. The Morgan fingerprint density at radius 2 is 2.05 bits per heavy atom. The van der Waals surface area contributed by atoms with Crippen molar-refractivity contribution >= 4 is 11.8 Å². The van der Waals surface area contributed by atoms with Crippen molar-refractivity contribution in [1.29, 1.82) is 0 Å². The van der Waals surface area contributed by atoms with Crippen molar-refractivity contribution in [2.24, 2.45) is 5.18 Å². The van der Waals surface area contributed by atoms with Crippen molar-refractivity contribution in [3.63, 3.8) is 0 Å². The van der Waals surface area contributed by atoms with E-state index in [2.05, 4.69) is 10.2 Å². The number of H-pyrrole nitrogens is 1. The predicted octanol–water partition coefficient (Wildman–Crippen LogP) is 2.04. The summed E-state index contributed by atoms with van der Waals surface area (Å²) in [5.41, 5.74) is 1.46. The van der Waals surface area contributed by atoms with Crippen LogP contribution in [0.2, 0.25) is 0 Å². The lowest BCUT2D eigenvalue weighted by molar-refractivity contribution is 0.435. The number of nitrogens with one attached hydrogen (secondary N) is 1. The molecule has 6 nitrogen and oxygen atoms in total. The van der Waals surface area contributed by atoms with Gasteiger partial charge in [-0.2, -0.15) is 16.7 Å². The van der Waals surface area contributed by atoms with Gasteiger partial charge in [0.25, 0.3) is 0 Å². The van der Waals surface area contributed by atoms with Crippen LogP contribution in [0.1, 0.15) is 11.3 Å². The molecule has 1 aromatic carbocycles. The Hall–Kier alpha value is -2.02. The average molecular weight is 293 g/mol. The minimum absolute atomic E-state index is 0.0645. The summed E-state index contributed by atoms with van der Waals surface area (Å²) in [5, 5.41) is 12.9. The maximum absolute atomic E-state index is 11.9. The van der Waals surface area contributed by atoms with E-state index in [9.17, 15) is 14.8 Å². The van der Waals surface area contributed by atoms with E-state index in [4.69, 9.17) is 0 Å². The fraction of sp³-hybridized carbons (Fsp3) is 0.308. The van der Waals surface area contributed by atoms with E-state index in [1.54, 1.807) is 36.0 Å². The standard InChI is InChI=1S/C13H15N3O3S/c1-20-7-6-11-12(17)16(13(18)15-11)10-4-2-9(3-5-10)8-14-19/h2-5,17H,6-8H2,1H3,(H,15,18). The third kappa shape index (κ3) is 2.93. The molecule has 0 aliphatic carbocycles. The molecule has 0 atom stereocenters. The van der Waals surface area contributed by atoms with Crippen molar-refractivity contribution in [2.45, 2.75) is 13.0 Å². The van der Waals surface area contributed by atoms with Gasteiger partial charge < -0.3 is 10.1 Å². The van der Waals surface area contributed by atoms with E-state index in [0.717, 1.165) is 11.3 Å². The number of hydrogen-bond donors (Lipinski definition) is 2. The summed E-state index contributed by atoms with van der Waals surface area (Å²) in [7, 11) is 0. The zero-order chi connectivity index (χ0) is 14.5. The number of nitrogens with zero attached hydrogens (tertiary/aromatic N) is 2. The first kappa shape index (κ1) is 14.4. The molecule has 0 spiro atoms. The molecular weight excluding hydrogens is 278 g/mol. The molecule has 0 radical (unpaired) electrons. The number of rotatable bonds is 6. The molecule has 106 valence electrons. The molecule has 20 heavy (non-hydrogen) atoms. The van der Waals surface area contributed by atoms with E-state index in [1.807, 2.05) is 6.26 Å². The van der Waals surface area contributed by atoms with Crippen molar-refractivity contribution in [2.75, 3.05) is 12.0 Å². The van der Waals surface area contributed by atoms with Crippen LogP contribution < -0.4 is 5.69 Å². The third-order valence-electron chi connectivity index (χ3n) is 2.94. The Morgan fingerprint density at radius 3 is 2.65 bits per heavy atom. The molecule has 0 unspecified atom stereocenters. The zero-order valence-electron chi connectivity index (χ0n) is 11.0. The monoisotopic (exact) mass is 293 g/mol.